The zero-order valence-corrected chi connectivity index (χ0v) is 18.0. The van der Waals surface area contributed by atoms with Crippen molar-refractivity contribution < 1.29 is 9.53 Å². The minimum absolute atomic E-state index is 0.119. The highest BCUT2D eigenvalue weighted by Gasteiger charge is 2.24. The molecule has 3 heterocycles. The number of pyridine rings is 1. The number of carbonyl (C=O) groups is 1. The van der Waals surface area contributed by atoms with Crippen LogP contribution in [0, 0.1) is 25.2 Å². The first-order chi connectivity index (χ1) is 14.6. The number of ether oxygens (including phenoxy) is 1. The summed E-state index contributed by atoms with van der Waals surface area (Å²) in [5.74, 6) is 0.636. The molecule has 0 bridgehead atoms. The summed E-state index contributed by atoms with van der Waals surface area (Å²) < 4.78 is 7.78. The Kier molecular flexibility index (Phi) is 6.07. The summed E-state index contributed by atoms with van der Waals surface area (Å²) in [6.45, 7) is 5.31. The maximum Gasteiger partial charge on any atom is 0.235 e. The van der Waals surface area contributed by atoms with Gasteiger partial charge in [0.15, 0.2) is 0 Å². The van der Waals surface area contributed by atoms with Crippen LogP contribution in [0.2, 0.25) is 0 Å². The second-order valence-electron chi connectivity index (χ2n) is 7.47. The minimum Gasteiger partial charge on any atom is -0.376 e. The number of hydrogen-bond donors (Lipinski definition) is 1. The van der Waals surface area contributed by atoms with Gasteiger partial charge in [-0.2, -0.15) is 5.26 Å². The maximum absolute atomic E-state index is 12.7. The number of thioether (sulfide) groups is 1. The fourth-order valence-electron chi connectivity index (χ4n) is 3.79. The Morgan fingerprint density at radius 2 is 2.17 bits per heavy atom. The molecule has 2 aromatic heterocycles. The van der Waals surface area contributed by atoms with Gasteiger partial charge >= 0.3 is 0 Å². The van der Waals surface area contributed by atoms with Crippen molar-refractivity contribution >= 4 is 34.4 Å². The van der Waals surface area contributed by atoms with Gasteiger partial charge in [0.1, 0.15) is 11.9 Å². The van der Waals surface area contributed by atoms with Crippen molar-refractivity contribution in [1.82, 2.24) is 9.55 Å². The van der Waals surface area contributed by atoms with Gasteiger partial charge in [-0.1, -0.05) is 36.0 Å². The number of carbonyl (C=O) groups excluding carboxylic acids is 1. The number of hydrogen-bond acceptors (Lipinski definition) is 5. The fourth-order valence-corrected chi connectivity index (χ4v) is 4.46. The molecule has 1 atom stereocenters. The van der Waals surface area contributed by atoms with E-state index >= 15 is 0 Å². The summed E-state index contributed by atoms with van der Waals surface area (Å²) in [6, 6.07) is 14.1. The molecule has 0 spiro atoms. The molecule has 1 amide bonds. The van der Waals surface area contributed by atoms with Gasteiger partial charge < -0.3 is 14.6 Å². The molecule has 0 radical (unpaired) electrons. The van der Waals surface area contributed by atoms with Gasteiger partial charge in [0.2, 0.25) is 5.91 Å². The predicted molar refractivity (Wildman–Crippen MR) is 119 cm³/mol. The Hall–Kier alpha value is -2.82. The second-order valence-corrected chi connectivity index (χ2v) is 8.47. The number of anilines is 1. The third-order valence-electron chi connectivity index (χ3n) is 5.53. The lowest BCUT2D eigenvalue weighted by Crippen LogP contribution is -2.22. The molecule has 7 heteroatoms. The summed E-state index contributed by atoms with van der Waals surface area (Å²) in [6.07, 6.45) is 2.16. The van der Waals surface area contributed by atoms with Crippen LogP contribution in [0.4, 0.5) is 5.82 Å². The molecule has 154 valence electrons. The quantitative estimate of drug-likeness (QED) is 0.597. The first kappa shape index (κ1) is 20.5. The number of nitriles is 1. The number of fused-ring (bicyclic) bond motifs is 1. The third-order valence-corrected chi connectivity index (χ3v) is 6.46. The Morgan fingerprint density at radius 1 is 1.33 bits per heavy atom. The van der Waals surface area contributed by atoms with Crippen LogP contribution in [0.15, 0.2) is 41.4 Å². The molecule has 1 saturated heterocycles. The molecule has 1 N–H and O–H groups in total. The third kappa shape index (κ3) is 4.20. The van der Waals surface area contributed by atoms with Crippen molar-refractivity contribution in [2.45, 2.75) is 44.4 Å². The van der Waals surface area contributed by atoms with E-state index in [1.165, 1.54) is 11.8 Å². The van der Waals surface area contributed by atoms with Crippen molar-refractivity contribution in [3.05, 3.63) is 53.2 Å². The van der Waals surface area contributed by atoms with E-state index < -0.39 is 0 Å². The van der Waals surface area contributed by atoms with Gasteiger partial charge in [0, 0.05) is 17.7 Å². The van der Waals surface area contributed by atoms with E-state index in [1.54, 1.807) is 0 Å². The van der Waals surface area contributed by atoms with Gasteiger partial charge in [-0.05, 0) is 44.4 Å². The predicted octanol–water partition coefficient (Wildman–Crippen LogP) is 4.43. The average molecular weight is 421 g/mol. The highest BCUT2D eigenvalue weighted by Crippen LogP contribution is 2.29. The van der Waals surface area contributed by atoms with Crippen molar-refractivity contribution in [2.75, 3.05) is 17.7 Å². The molecule has 1 aliphatic heterocycles. The topological polar surface area (TPSA) is 79.9 Å². The molecule has 1 aromatic carbocycles. The summed E-state index contributed by atoms with van der Waals surface area (Å²) in [7, 11) is 0. The van der Waals surface area contributed by atoms with Crippen molar-refractivity contribution in [1.29, 1.82) is 5.26 Å². The maximum atomic E-state index is 12.7. The van der Waals surface area contributed by atoms with E-state index in [0.29, 0.717) is 17.9 Å². The SMILES string of the molecule is Cc1c(C#N)c(NC(=O)CSc2ccc3ccccc3n2)n(C[C@H]2CCCO2)c1C. The molecule has 0 aliphatic carbocycles. The number of benzene rings is 1. The molecule has 0 saturated carbocycles. The van der Waals surface area contributed by atoms with Gasteiger partial charge in [0.25, 0.3) is 0 Å². The molecule has 1 aliphatic rings. The van der Waals surface area contributed by atoms with Crippen LogP contribution < -0.4 is 5.32 Å². The van der Waals surface area contributed by atoms with E-state index in [0.717, 1.165) is 46.6 Å². The van der Waals surface area contributed by atoms with Gasteiger partial charge in [-0.3, -0.25) is 4.79 Å². The van der Waals surface area contributed by atoms with Gasteiger partial charge in [0.05, 0.1) is 34.5 Å². The Morgan fingerprint density at radius 3 is 2.93 bits per heavy atom. The van der Waals surface area contributed by atoms with E-state index in [-0.39, 0.29) is 17.8 Å². The molecule has 4 rings (SSSR count). The van der Waals surface area contributed by atoms with Crippen LogP contribution in [-0.4, -0.2) is 33.9 Å². The molecule has 6 nitrogen and oxygen atoms in total. The monoisotopic (exact) mass is 420 g/mol. The molecular weight excluding hydrogens is 396 g/mol. The summed E-state index contributed by atoms with van der Waals surface area (Å²) in [4.78, 5) is 17.3. The molecular formula is C23H24N4O2S. The molecule has 30 heavy (non-hydrogen) atoms. The van der Waals surface area contributed by atoms with E-state index in [4.69, 9.17) is 4.74 Å². The van der Waals surface area contributed by atoms with Crippen LogP contribution in [0.25, 0.3) is 10.9 Å². The number of nitrogens with one attached hydrogen (secondary N) is 1. The highest BCUT2D eigenvalue weighted by molar-refractivity contribution is 7.99. The number of aromatic nitrogens is 2. The fraction of sp³-hybridized carbons (Fsp3) is 0.348. The van der Waals surface area contributed by atoms with Crippen LogP contribution in [0.1, 0.15) is 29.7 Å². The average Bonchev–Trinajstić information content (AvgIpc) is 3.35. The molecule has 3 aromatic rings. The summed E-state index contributed by atoms with van der Waals surface area (Å²) in [5.41, 5.74) is 3.31. The van der Waals surface area contributed by atoms with Crippen LogP contribution >= 0.6 is 11.8 Å². The first-order valence-electron chi connectivity index (χ1n) is 10.1. The van der Waals surface area contributed by atoms with E-state index in [1.807, 2.05) is 54.8 Å². The Balaban J connectivity index is 1.48. The first-order valence-corrected chi connectivity index (χ1v) is 11.0. The van der Waals surface area contributed by atoms with Crippen LogP contribution in [0.5, 0.6) is 0 Å². The molecule has 1 fully saturated rings. The largest absolute Gasteiger partial charge is 0.376 e. The van der Waals surface area contributed by atoms with Gasteiger partial charge in [-0.25, -0.2) is 4.98 Å². The van der Waals surface area contributed by atoms with Crippen molar-refractivity contribution in [2.24, 2.45) is 0 Å². The highest BCUT2D eigenvalue weighted by atomic mass is 32.2. The molecule has 0 unspecified atom stereocenters. The Bertz CT molecular complexity index is 1130. The number of amides is 1. The van der Waals surface area contributed by atoms with E-state index in [9.17, 15) is 10.1 Å². The van der Waals surface area contributed by atoms with Gasteiger partial charge in [-0.15, -0.1) is 0 Å². The Labute approximate surface area is 180 Å². The number of para-hydroxylation sites is 1. The smallest absolute Gasteiger partial charge is 0.235 e. The second kappa shape index (κ2) is 8.90. The number of nitrogens with zero attached hydrogens (tertiary/aromatic N) is 3. The standard InChI is InChI=1S/C23H24N4O2S/c1-15-16(2)27(13-18-7-5-11-29-18)23(19(15)12-24)26-21(28)14-30-22-10-9-17-6-3-4-8-20(17)25-22/h3-4,6,8-10,18H,5,7,11,13-14H2,1-2H3,(H,26,28)/t18-/m1/s1. The lowest BCUT2D eigenvalue weighted by atomic mass is 10.2. The summed E-state index contributed by atoms with van der Waals surface area (Å²) >= 11 is 1.39. The van der Waals surface area contributed by atoms with Crippen LogP contribution in [0.3, 0.4) is 0 Å². The van der Waals surface area contributed by atoms with Crippen LogP contribution in [-0.2, 0) is 16.1 Å². The van der Waals surface area contributed by atoms with Crippen molar-refractivity contribution in [3.63, 3.8) is 0 Å². The zero-order chi connectivity index (χ0) is 21.1. The van der Waals surface area contributed by atoms with Crippen molar-refractivity contribution in [3.8, 4) is 6.07 Å². The lowest BCUT2D eigenvalue weighted by molar-refractivity contribution is -0.113. The normalized spacial score (nSPS) is 16.0. The lowest BCUT2D eigenvalue weighted by Gasteiger charge is -2.16. The minimum atomic E-state index is -0.155. The number of rotatable bonds is 6. The zero-order valence-electron chi connectivity index (χ0n) is 17.1. The summed E-state index contributed by atoms with van der Waals surface area (Å²) in [5, 5.41) is 14.5. The van der Waals surface area contributed by atoms with E-state index in [2.05, 4.69) is 16.4 Å².